The Labute approximate surface area is 109 Å². The third-order valence-electron chi connectivity index (χ3n) is 1.72. The Balaban J connectivity index is 0.00000196. The number of rotatable bonds is 3. The molecule has 0 fully saturated rings. The van der Waals surface area contributed by atoms with E-state index in [-0.39, 0.29) is 53.6 Å². The largest absolute Gasteiger partial charge is 1.00 e. The van der Waals surface area contributed by atoms with Crippen LogP contribution in [0.25, 0.3) is 0 Å². The van der Waals surface area contributed by atoms with E-state index in [0.29, 0.717) is 5.56 Å². The third kappa shape index (κ3) is 5.56. The average Bonchev–Trinajstić information content (AvgIpc) is 2.06. The fraction of sp³-hybridized carbons (Fsp3) is 0.250. The SMILES string of the molecule is O=P([O-])(O)CCc1ccc(O)c(O)c1.[Na+]. The summed E-state index contributed by atoms with van der Waals surface area (Å²) < 4.78 is 10.4. The molecule has 1 aromatic carbocycles. The van der Waals surface area contributed by atoms with Crippen molar-refractivity contribution in [1.82, 2.24) is 0 Å². The molecular formula is C8H10NaO5P. The molecule has 15 heavy (non-hydrogen) atoms. The first-order valence-corrected chi connectivity index (χ1v) is 5.68. The van der Waals surface area contributed by atoms with Crippen LogP contribution in [0.15, 0.2) is 18.2 Å². The molecule has 1 rings (SSSR count). The fourth-order valence-electron chi connectivity index (χ4n) is 0.995. The standard InChI is InChI=1S/C8H11O5P.Na/c9-7-2-1-6(5-8(7)10)3-4-14(11,12)13;/h1-2,5,9-10H,3-4H2,(H2,11,12,13);/q;+1/p-1. The molecule has 0 amide bonds. The molecule has 0 bridgehead atoms. The first-order valence-electron chi connectivity index (χ1n) is 3.92. The molecule has 0 aliphatic carbocycles. The van der Waals surface area contributed by atoms with Crippen molar-refractivity contribution in [3.05, 3.63) is 23.8 Å². The van der Waals surface area contributed by atoms with E-state index >= 15 is 0 Å². The van der Waals surface area contributed by atoms with Crippen LogP contribution in [0.3, 0.4) is 0 Å². The normalized spacial score (nSPS) is 14.0. The quantitative estimate of drug-likeness (QED) is 0.301. The molecule has 0 heterocycles. The molecule has 1 aromatic rings. The van der Waals surface area contributed by atoms with Gasteiger partial charge in [-0.25, -0.2) is 0 Å². The smallest absolute Gasteiger partial charge is 0.779 e. The summed E-state index contributed by atoms with van der Waals surface area (Å²) in [7, 11) is -4.25. The number of phenolic OH excluding ortho intramolecular Hbond substituents is 2. The van der Waals surface area contributed by atoms with Gasteiger partial charge in [0.1, 0.15) is 7.60 Å². The number of hydrogen-bond acceptors (Lipinski definition) is 4. The van der Waals surface area contributed by atoms with Crippen LogP contribution in [0.5, 0.6) is 11.5 Å². The average molecular weight is 240 g/mol. The van der Waals surface area contributed by atoms with Crippen molar-refractivity contribution in [2.24, 2.45) is 0 Å². The number of phenols is 2. The monoisotopic (exact) mass is 240 g/mol. The second kappa shape index (κ2) is 5.89. The second-order valence-electron chi connectivity index (χ2n) is 2.93. The van der Waals surface area contributed by atoms with Crippen LogP contribution in [0.1, 0.15) is 5.56 Å². The molecule has 0 aromatic heterocycles. The maximum Gasteiger partial charge on any atom is 1.00 e. The van der Waals surface area contributed by atoms with Gasteiger partial charge < -0.3 is 24.6 Å². The third-order valence-corrected chi connectivity index (χ3v) is 2.51. The van der Waals surface area contributed by atoms with Crippen LogP contribution in [0.2, 0.25) is 0 Å². The minimum Gasteiger partial charge on any atom is -0.779 e. The van der Waals surface area contributed by atoms with Gasteiger partial charge in [0.05, 0.1) is 0 Å². The van der Waals surface area contributed by atoms with E-state index in [1.165, 1.54) is 18.2 Å². The van der Waals surface area contributed by atoms with E-state index in [1.807, 2.05) is 0 Å². The van der Waals surface area contributed by atoms with Crippen molar-refractivity contribution in [1.29, 1.82) is 0 Å². The zero-order valence-electron chi connectivity index (χ0n) is 8.25. The summed E-state index contributed by atoms with van der Waals surface area (Å²) in [5, 5.41) is 18.0. The molecule has 0 spiro atoms. The summed E-state index contributed by atoms with van der Waals surface area (Å²) in [5.74, 6) is -0.566. The van der Waals surface area contributed by atoms with Gasteiger partial charge in [-0.3, -0.25) is 0 Å². The Morgan fingerprint density at radius 3 is 2.33 bits per heavy atom. The molecule has 0 radical (unpaired) electrons. The molecule has 0 saturated carbocycles. The van der Waals surface area contributed by atoms with E-state index in [0.717, 1.165) is 0 Å². The van der Waals surface area contributed by atoms with Gasteiger partial charge in [-0.2, -0.15) is 0 Å². The first-order chi connectivity index (χ1) is 6.38. The number of aromatic hydroxyl groups is 2. The van der Waals surface area contributed by atoms with Gasteiger partial charge in [0.15, 0.2) is 11.5 Å². The Morgan fingerprint density at radius 1 is 1.27 bits per heavy atom. The Kier molecular flexibility index (Phi) is 5.88. The molecule has 0 aliphatic heterocycles. The minimum absolute atomic E-state index is 0. The van der Waals surface area contributed by atoms with Crippen LogP contribution in [-0.4, -0.2) is 21.3 Å². The second-order valence-corrected chi connectivity index (χ2v) is 4.66. The number of hydrogen-bond donors (Lipinski definition) is 3. The van der Waals surface area contributed by atoms with Crippen molar-refractivity contribution in [3.8, 4) is 11.5 Å². The van der Waals surface area contributed by atoms with Crippen LogP contribution < -0.4 is 34.5 Å². The van der Waals surface area contributed by atoms with Crippen molar-refractivity contribution in [2.75, 3.05) is 6.16 Å². The van der Waals surface area contributed by atoms with E-state index in [1.54, 1.807) is 0 Å². The predicted octanol–water partition coefficient (Wildman–Crippen LogP) is -2.81. The van der Waals surface area contributed by atoms with Crippen molar-refractivity contribution >= 4 is 7.60 Å². The van der Waals surface area contributed by atoms with Gasteiger partial charge >= 0.3 is 29.6 Å². The predicted molar refractivity (Wildman–Crippen MR) is 48.2 cm³/mol. The van der Waals surface area contributed by atoms with E-state index in [4.69, 9.17) is 15.1 Å². The Hall–Kier alpha value is -0.0300. The maximum atomic E-state index is 10.4. The van der Waals surface area contributed by atoms with Crippen LogP contribution in [-0.2, 0) is 11.0 Å². The summed E-state index contributed by atoms with van der Waals surface area (Å²) in [4.78, 5) is 18.9. The van der Waals surface area contributed by atoms with Gasteiger partial charge in [0, 0.05) is 6.16 Å². The summed E-state index contributed by atoms with van der Waals surface area (Å²) in [6.07, 6.45) is -0.275. The van der Waals surface area contributed by atoms with Crippen molar-refractivity contribution in [2.45, 2.75) is 6.42 Å². The summed E-state index contributed by atoms with van der Waals surface area (Å²) in [5.41, 5.74) is 0.533. The molecule has 7 heteroatoms. The topological polar surface area (TPSA) is 101 Å². The van der Waals surface area contributed by atoms with Gasteiger partial charge in [-0.05, 0) is 24.1 Å². The molecule has 0 saturated heterocycles. The summed E-state index contributed by atoms with van der Waals surface area (Å²) >= 11 is 0. The molecule has 3 N–H and O–H groups in total. The van der Waals surface area contributed by atoms with Gasteiger partial charge in [-0.1, -0.05) is 6.07 Å². The Morgan fingerprint density at radius 2 is 1.87 bits per heavy atom. The molecule has 0 aliphatic rings. The van der Waals surface area contributed by atoms with Crippen LogP contribution in [0.4, 0.5) is 0 Å². The summed E-state index contributed by atoms with van der Waals surface area (Å²) in [6.45, 7) is 0. The molecule has 5 nitrogen and oxygen atoms in total. The Bertz CT molecular complexity index is 375. The molecule has 78 valence electrons. The summed E-state index contributed by atoms with van der Waals surface area (Å²) in [6, 6.07) is 3.99. The number of aryl methyl sites for hydroxylation is 1. The first kappa shape index (κ1) is 15.0. The van der Waals surface area contributed by atoms with Crippen molar-refractivity contribution in [3.63, 3.8) is 0 Å². The van der Waals surface area contributed by atoms with Gasteiger partial charge in [0.2, 0.25) is 0 Å². The minimum atomic E-state index is -4.25. The maximum absolute atomic E-state index is 10.4. The van der Waals surface area contributed by atoms with Crippen molar-refractivity contribution < 1.29 is 54.1 Å². The fourth-order valence-corrected chi connectivity index (χ4v) is 1.54. The number of benzene rings is 1. The zero-order chi connectivity index (χ0) is 10.8. The van der Waals surface area contributed by atoms with Crippen LogP contribution >= 0.6 is 7.60 Å². The molecule has 1 atom stereocenters. The van der Waals surface area contributed by atoms with Crippen LogP contribution in [0, 0.1) is 0 Å². The van der Waals surface area contributed by atoms with E-state index in [2.05, 4.69) is 0 Å². The van der Waals surface area contributed by atoms with Gasteiger partial charge in [0.25, 0.3) is 0 Å². The van der Waals surface area contributed by atoms with E-state index in [9.17, 15) is 9.46 Å². The van der Waals surface area contributed by atoms with Gasteiger partial charge in [-0.15, -0.1) is 0 Å². The molecule has 1 unspecified atom stereocenters. The van der Waals surface area contributed by atoms with E-state index < -0.39 is 7.60 Å². The molecular weight excluding hydrogens is 230 g/mol. The zero-order valence-corrected chi connectivity index (χ0v) is 11.1.